The van der Waals surface area contributed by atoms with Gasteiger partial charge in [-0.1, -0.05) is 13.3 Å². The molecule has 0 fully saturated rings. The topological polar surface area (TPSA) is 122 Å². The van der Waals surface area contributed by atoms with Crippen molar-refractivity contribution in [1.29, 1.82) is 0 Å². The number of alkyl carbamates (subject to hydrolysis) is 1. The molecule has 0 radical (unpaired) electrons. The molecule has 0 aliphatic rings. The zero-order valence-corrected chi connectivity index (χ0v) is 16.9. The van der Waals surface area contributed by atoms with Gasteiger partial charge in [-0.2, -0.15) is 0 Å². The summed E-state index contributed by atoms with van der Waals surface area (Å²) in [6.45, 7) is 9.29. The molecule has 0 unspecified atom stereocenters. The molecule has 0 aromatic heterocycles. The minimum atomic E-state index is -1.28. The molecule has 0 rings (SSSR count). The van der Waals surface area contributed by atoms with Crippen LogP contribution in [0.2, 0.25) is 0 Å². The molecular formula is C18H32N2O7. The first-order valence-corrected chi connectivity index (χ1v) is 9.15. The number of amides is 2. The zero-order chi connectivity index (χ0) is 21.0. The Kier molecular flexibility index (Phi) is 11.1. The maximum absolute atomic E-state index is 12.8. The molecule has 156 valence electrons. The number of nitrogens with zero attached hydrogens (tertiary/aromatic N) is 1. The summed E-state index contributed by atoms with van der Waals surface area (Å²) in [6.07, 6.45) is 0.0332. The van der Waals surface area contributed by atoms with Crippen LogP contribution >= 0.6 is 0 Å². The first-order chi connectivity index (χ1) is 12.5. The van der Waals surface area contributed by atoms with Crippen LogP contribution < -0.4 is 5.32 Å². The van der Waals surface area contributed by atoms with E-state index in [2.05, 4.69) is 5.32 Å². The average Bonchev–Trinajstić information content (AvgIpc) is 2.51. The maximum Gasteiger partial charge on any atom is 0.408 e. The van der Waals surface area contributed by atoms with Crippen molar-refractivity contribution in [3.05, 3.63) is 0 Å². The Morgan fingerprint density at radius 3 is 2.22 bits per heavy atom. The number of aliphatic carboxylic acids is 1. The Hall–Kier alpha value is -2.32. The molecule has 2 amide bonds. The van der Waals surface area contributed by atoms with E-state index >= 15 is 0 Å². The highest BCUT2D eigenvalue weighted by molar-refractivity contribution is 5.89. The lowest BCUT2D eigenvalue weighted by molar-refractivity contribution is -0.146. The van der Waals surface area contributed by atoms with E-state index in [-0.39, 0.29) is 19.6 Å². The molecular weight excluding hydrogens is 356 g/mol. The Morgan fingerprint density at radius 2 is 1.74 bits per heavy atom. The van der Waals surface area contributed by atoms with Crippen molar-refractivity contribution in [2.45, 2.75) is 71.9 Å². The Morgan fingerprint density at radius 1 is 1.11 bits per heavy atom. The number of rotatable bonds is 11. The first-order valence-electron chi connectivity index (χ1n) is 9.15. The van der Waals surface area contributed by atoms with Gasteiger partial charge in [0, 0.05) is 13.1 Å². The number of esters is 1. The second kappa shape index (κ2) is 12.1. The summed E-state index contributed by atoms with van der Waals surface area (Å²) in [6, 6.07) is -1.28. The van der Waals surface area contributed by atoms with Gasteiger partial charge in [0.25, 0.3) is 0 Å². The fourth-order valence-corrected chi connectivity index (χ4v) is 2.19. The number of unbranched alkanes of at least 4 members (excludes halogenated alkanes) is 1. The molecule has 2 N–H and O–H groups in total. The fourth-order valence-electron chi connectivity index (χ4n) is 2.19. The van der Waals surface area contributed by atoms with E-state index in [9.17, 15) is 19.2 Å². The molecule has 9 heteroatoms. The highest BCUT2D eigenvalue weighted by Gasteiger charge is 2.30. The SMILES string of the molecule is CCCCN(CCC(=O)OCC)C(=O)[C@H](CC(=O)O)NC(=O)OC(C)(C)C. The van der Waals surface area contributed by atoms with E-state index in [4.69, 9.17) is 14.6 Å². The van der Waals surface area contributed by atoms with Crippen LogP contribution in [-0.2, 0) is 23.9 Å². The highest BCUT2D eigenvalue weighted by Crippen LogP contribution is 2.09. The predicted molar refractivity (Wildman–Crippen MR) is 98.1 cm³/mol. The molecule has 0 aliphatic carbocycles. The average molecular weight is 388 g/mol. The van der Waals surface area contributed by atoms with Gasteiger partial charge in [-0.15, -0.1) is 0 Å². The summed E-state index contributed by atoms with van der Waals surface area (Å²) in [4.78, 5) is 48.9. The van der Waals surface area contributed by atoms with Crippen LogP contribution in [0.5, 0.6) is 0 Å². The van der Waals surface area contributed by atoms with Gasteiger partial charge in [0.1, 0.15) is 11.6 Å². The number of hydrogen-bond acceptors (Lipinski definition) is 6. The third-order valence-corrected chi connectivity index (χ3v) is 3.35. The van der Waals surface area contributed by atoms with Gasteiger partial charge in [-0.3, -0.25) is 14.4 Å². The lowest BCUT2D eigenvalue weighted by Crippen LogP contribution is -2.51. The van der Waals surface area contributed by atoms with Gasteiger partial charge in [0.15, 0.2) is 0 Å². The Bertz CT molecular complexity index is 514. The van der Waals surface area contributed by atoms with Crippen molar-refractivity contribution >= 4 is 23.9 Å². The van der Waals surface area contributed by atoms with Gasteiger partial charge >= 0.3 is 18.0 Å². The van der Waals surface area contributed by atoms with Crippen LogP contribution in [0.3, 0.4) is 0 Å². The van der Waals surface area contributed by atoms with Gasteiger partial charge in [-0.05, 0) is 34.1 Å². The smallest absolute Gasteiger partial charge is 0.408 e. The highest BCUT2D eigenvalue weighted by atomic mass is 16.6. The largest absolute Gasteiger partial charge is 0.481 e. The van der Waals surface area contributed by atoms with E-state index in [1.165, 1.54) is 4.90 Å². The Balaban J connectivity index is 5.17. The number of ether oxygens (including phenoxy) is 2. The summed E-state index contributed by atoms with van der Waals surface area (Å²) < 4.78 is 9.96. The van der Waals surface area contributed by atoms with Crippen molar-refractivity contribution in [1.82, 2.24) is 10.2 Å². The zero-order valence-electron chi connectivity index (χ0n) is 16.9. The number of carboxylic acid groups (broad SMARTS) is 1. The number of hydrogen-bond donors (Lipinski definition) is 2. The molecule has 0 spiro atoms. The molecule has 1 atom stereocenters. The lowest BCUT2D eigenvalue weighted by atomic mass is 10.1. The quantitative estimate of drug-likeness (QED) is 0.519. The molecule has 0 saturated carbocycles. The van der Waals surface area contributed by atoms with E-state index in [0.29, 0.717) is 13.0 Å². The minimum absolute atomic E-state index is 0.00444. The molecule has 0 bridgehead atoms. The monoisotopic (exact) mass is 388 g/mol. The van der Waals surface area contributed by atoms with Crippen molar-refractivity contribution in [2.75, 3.05) is 19.7 Å². The van der Waals surface area contributed by atoms with Crippen LogP contribution in [0, 0.1) is 0 Å². The van der Waals surface area contributed by atoms with Crippen molar-refractivity contribution in [2.24, 2.45) is 0 Å². The summed E-state index contributed by atoms with van der Waals surface area (Å²) in [5.41, 5.74) is -0.785. The van der Waals surface area contributed by atoms with Crippen molar-refractivity contribution in [3.8, 4) is 0 Å². The number of carbonyl (C=O) groups excluding carboxylic acids is 3. The molecule has 27 heavy (non-hydrogen) atoms. The molecule has 0 heterocycles. The van der Waals surface area contributed by atoms with Crippen LogP contribution in [0.1, 0.15) is 60.3 Å². The van der Waals surface area contributed by atoms with E-state index in [1.54, 1.807) is 27.7 Å². The first kappa shape index (κ1) is 24.7. The van der Waals surface area contributed by atoms with E-state index in [0.717, 1.165) is 6.42 Å². The predicted octanol–water partition coefficient (Wildman–Crippen LogP) is 1.94. The standard InChI is InChI=1S/C18H32N2O7/c1-6-8-10-20(11-9-15(23)26-7-2)16(24)13(12-14(21)22)19-17(25)27-18(3,4)5/h13H,6-12H2,1-5H3,(H,19,25)(H,21,22)/t13-/m0/s1. The molecule has 0 aromatic carbocycles. The summed E-state index contributed by atoms with van der Waals surface area (Å²) in [5, 5.41) is 11.4. The van der Waals surface area contributed by atoms with Gasteiger partial charge in [0.05, 0.1) is 19.4 Å². The molecule has 0 aromatic rings. The summed E-state index contributed by atoms with van der Waals surface area (Å²) in [5.74, 6) is -2.24. The van der Waals surface area contributed by atoms with Crippen LogP contribution in [0.4, 0.5) is 4.79 Å². The lowest BCUT2D eigenvalue weighted by Gasteiger charge is -2.28. The second-order valence-electron chi connectivity index (χ2n) is 7.03. The molecule has 0 saturated heterocycles. The third kappa shape index (κ3) is 11.8. The van der Waals surface area contributed by atoms with E-state index in [1.807, 2.05) is 6.92 Å². The normalized spacial score (nSPS) is 12.0. The second-order valence-corrected chi connectivity index (χ2v) is 7.03. The van der Waals surface area contributed by atoms with E-state index < -0.39 is 42.0 Å². The van der Waals surface area contributed by atoms with Crippen LogP contribution in [0.15, 0.2) is 0 Å². The van der Waals surface area contributed by atoms with Gasteiger partial charge in [0.2, 0.25) is 5.91 Å². The molecule has 0 aliphatic heterocycles. The van der Waals surface area contributed by atoms with Crippen molar-refractivity contribution < 1.29 is 33.8 Å². The number of carboxylic acids is 1. The van der Waals surface area contributed by atoms with Crippen LogP contribution in [-0.4, -0.2) is 65.3 Å². The summed E-state index contributed by atoms with van der Waals surface area (Å²) >= 11 is 0. The Labute approximate surface area is 160 Å². The minimum Gasteiger partial charge on any atom is -0.481 e. The number of nitrogens with one attached hydrogen (secondary N) is 1. The van der Waals surface area contributed by atoms with Gasteiger partial charge in [-0.25, -0.2) is 4.79 Å². The number of carbonyl (C=O) groups is 4. The van der Waals surface area contributed by atoms with Gasteiger partial charge < -0.3 is 24.8 Å². The third-order valence-electron chi connectivity index (χ3n) is 3.35. The van der Waals surface area contributed by atoms with Crippen molar-refractivity contribution in [3.63, 3.8) is 0 Å². The summed E-state index contributed by atoms with van der Waals surface area (Å²) in [7, 11) is 0. The fraction of sp³-hybridized carbons (Fsp3) is 0.778. The van der Waals surface area contributed by atoms with Crippen LogP contribution in [0.25, 0.3) is 0 Å². The molecule has 9 nitrogen and oxygen atoms in total. The maximum atomic E-state index is 12.8.